The molecule has 1 unspecified atom stereocenters. The van der Waals surface area contributed by atoms with Crippen LogP contribution in [0.2, 0.25) is 0 Å². The Morgan fingerprint density at radius 1 is 1.11 bits per heavy atom. The second-order valence-electron chi connectivity index (χ2n) is 4.97. The molecular formula is C17H22N2. The van der Waals surface area contributed by atoms with Crippen molar-refractivity contribution in [1.82, 2.24) is 10.3 Å². The van der Waals surface area contributed by atoms with Gasteiger partial charge in [-0.25, -0.2) is 0 Å². The van der Waals surface area contributed by atoms with Crippen LogP contribution >= 0.6 is 0 Å². The van der Waals surface area contributed by atoms with Crippen molar-refractivity contribution in [2.75, 3.05) is 7.05 Å². The lowest BCUT2D eigenvalue weighted by Gasteiger charge is -2.16. The first-order valence-electron chi connectivity index (χ1n) is 6.90. The SMILES string of the molecule is CCc1ccc(CC(NC)c2ccc(C)cc2)nc1. The number of rotatable bonds is 5. The predicted molar refractivity (Wildman–Crippen MR) is 80.3 cm³/mol. The largest absolute Gasteiger partial charge is 0.313 e. The maximum atomic E-state index is 4.54. The summed E-state index contributed by atoms with van der Waals surface area (Å²) < 4.78 is 0. The van der Waals surface area contributed by atoms with Crippen LogP contribution in [0.15, 0.2) is 42.6 Å². The molecule has 0 aliphatic rings. The number of nitrogens with one attached hydrogen (secondary N) is 1. The van der Waals surface area contributed by atoms with E-state index in [4.69, 9.17) is 0 Å². The fourth-order valence-electron chi connectivity index (χ4n) is 2.18. The van der Waals surface area contributed by atoms with Crippen molar-refractivity contribution in [3.05, 3.63) is 65.0 Å². The Hall–Kier alpha value is -1.67. The molecule has 1 N–H and O–H groups in total. The third kappa shape index (κ3) is 3.65. The van der Waals surface area contributed by atoms with Gasteiger partial charge in [-0.15, -0.1) is 0 Å². The molecule has 1 aromatic heterocycles. The molecule has 2 rings (SSSR count). The van der Waals surface area contributed by atoms with Crippen LogP contribution < -0.4 is 5.32 Å². The molecule has 0 saturated heterocycles. The smallest absolute Gasteiger partial charge is 0.0422 e. The van der Waals surface area contributed by atoms with E-state index >= 15 is 0 Å². The first-order valence-corrected chi connectivity index (χ1v) is 6.90. The average Bonchev–Trinajstić information content (AvgIpc) is 2.46. The molecule has 0 aliphatic heterocycles. The molecule has 0 radical (unpaired) electrons. The van der Waals surface area contributed by atoms with Crippen LogP contribution in [0.1, 0.15) is 35.3 Å². The molecule has 1 atom stereocenters. The molecule has 0 spiro atoms. The molecule has 1 aromatic carbocycles. The van der Waals surface area contributed by atoms with Crippen molar-refractivity contribution in [2.45, 2.75) is 32.7 Å². The van der Waals surface area contributed by atoms with Crippen molar-refractivity contribution in [1.29, 1.82) is 0 Å². The number of aromatic nitrogens is 1. The van der Waals surface area contributed by atoms with Gasteiger partial charge in [0.15, 0.2) is 0 Å². The zero-order valence-corrected chi connectivity index (χ0v) is 12.0. The van der Waals surface area contributed by atoms with E-state index < -0.39 is 0 Å². The number of aryl methyl sites for hydroxylation is 2. The third-order valence-electron chi connectivity index (χ3n) is 3.54. The fraction of sp³-hybridized carbons (Fsp3) is 0.353. The summed E-state index contributed by atoms with van der Waals surface area (Å²) in [5, 5.41) is 3.37. The van der Waals surface area contributed by atoms with Crippen molar-refractivity contribution in [3.63, 3.8) is 0 Å². The minimum absolute atomic E-state index is 0.320. The molecule has 19 heavy (non-hydrogen) atoms. The van der Waals surface area contributed by atoms with E-state index in [9.17, 15) is 0 Å². The molecule has 2 heteroatoms. The Morgan fingerprint density at radius 3 is 2.37 bits per heavy atom. The molecule has 0 fully saturated rings. The van der Waals surface area contributed by atoms with E-state index in [1.54, 1.807) is 0 Å². The molecule has 0 saturated carbocycles. The second-order valence-corrected chi connectivity index (χ2v) is 4.97. The van der Waals surface area contributed by atoms with E-state index in [2.05, 4.69) is 60.5 Å². The first kappa shape index (κ1) is 13.8. The minimum atomic E-state index is 0.320. The number of pyridine rings is 1. The summed E-state index contributed by atoms with van der Waals surface area (Å²) in [7, 11) is 2.00. The van der Waals surface area contributed by atoms with Crippen molar-refractivity contribution in [2.24, 2.45) is 0 Å². The van der Waals surface area contributed by atoms with E-state index in [-0.39, 0.29) is 0 Å². The minimum Gasteiger partial charge on any atom is -0.313 e. The molecule has 2 aromatic rings. The van der Waals surface area contributed by atoms with Crippen molar-refractivity contribution >= 4 is 0 Å². The van der Waals surface area contributed by atoms with E-state index in [1.807, 2.05) is 13.2 Å². The standard InChI is InChI=1S/C17H22N2/c1-4-14-7-10-16(19-12-14)11-17(18-3)15-8-5-13(2)6-9-15/h5-10,12,17-18H,4,11H2,1-3H3. The Labute approximate surface area is 115 Å². The summed E-state index contributed by atoms with van der Waals surface area (Å²) in [4.78, 5) is 4.54. The van der Waals surface area contributed by atoms with Gasteiger partial charge in [-0.1, -0.05) is 42.8 Å². The van der Waals surface area contributed by atoms with Gasteiger partial charge in [-0.05, 0) is 37.6 Å². The summed E-state index contributed by atoms with van der Waals surface area (Å²) in [6.45, 7) is 4.27. The lowest BCUT2D eigenvalue weighted by molar-refractivity contribution is 0.584. The summed E-state index contributed by atoms with van der Waals surface area (Å²) in [6, 6.07) is 13.3. The summed E-state index contributed by atoms with van der Waals surface area (Å²) in [5.41, 5.74) is 5.04. The molecule has 100 valence electrons. The van der Waals surface area contributed by atoms with Crippen molar-refractivity contribution < 1.29 is 0 Å². The molecule has 1 heterocycles. The van der Waals surface area contributed by atoms with Crippen LogP contribution in [0.25, 0.3) is 0 Å². The Morgan fingerprint density at radius 2 is 1.84 bits per heavy atom. The molecular weight excluding hydrogens is 232 g/mol. The van der Waals surface area contributed by atoms with Gasteiger partial charge in [-0.2, -0.15) is 0 Å². The lowest BCUT2D eigenvalue weighted by atomic mass is 10.0. The normalized spacial score (nSPS) is 12.4. The molecule has 0 bridgehead atoms. The monoisotopic (exact) mass is 254 g/mol. The summed E-state index contributed by atoms with van der Waals surface area (Å²) in [6.07, 6.45) is 3.95. The Balaban J connectivity index is 2.11. The predicted octanol–water partition coefficient (Wildman–Crippen LogP) is 3.46. The highest BCUT2D eigenvalue weighted by Gasteiger charge is 2.10. The van der Waals surface area contributed by atoms with Gasteiger partial charge in [0.2, 0.25) is 0 Å². The lowest BCUT2D eigenvalue weighted by Crippen LogP contribution is -2.19. The maximum Gasteiger partial charge on any atom is 0.0422 e. The zero-order chi connectivity index (χ0) is 13.7. The Kier molecular flexibility index (Phi) is 4.69. The summed E-state index contributed by atoms with van der Waals surface area (Å²) >= 11 is 0. The van der Waals surface area contributed by atoms with Crippen LogP contribution in [0.4, 0.5) is 0 Å². The van der Waals surface area contributed by atoms with Crippen molar-refractivity contribution in [3.8, 4) is 0 Å². The van der Waals surface area contributed by atoms with Crippen LogP contribution in [-0.4, -0.2) is 12.0 Å². The number of benzene rings is 1. The van der Waals surface area contributed by atoms with Gasteiger partial charge in [0.25, 0.3) is 0 Å². The topological polar surface area (TPSA) is 24.9 Å². The fourth-order valence-corrected chi connectivity index (χ4v) is 2.18. The van der Waals surface area contributed by atoms with E-state index in [0.29, 0.717) is 6.04 Å². The van der Waals surface area contributed by atoms with Crippen LogP contribution in [-0.2, 0) is 12.8 Å². The van der Waals surface area contributed by atoms with Gasteiger partial charge in [-0.3, -0.25) is 4.98 Å². The Bertz CT molecular complexity index is 500. The van der Waals surface area contributed by atoms with Crippen LogP contribution in [0.5, 0.6) is 0 Å². The maximum absolute atomic E-state index is 4.54. The van der Waals surface area contributed by atoms with Gasteiger partial charge in [0.1, 0.15) is 0 Å². The van der Waals surface area contributed by atoms with Crippen LogP contribution in [0, 0.1) is 6.92 Å². The van der Waals surface area contributed by atoms with Gasteiger partial charge >= 0.3 is 0 Å². The summed E-state index contributed by atoms with van der Waals surface area (Å²) in [5.74, 6) is 0. The first-order chi connectivity index (χ1) is 9.22. The molecule has 0 aliphatic carbocycles. The average molecular weight is 254 g/mol. The highest BCUT2D eigenvalue weighted by Crippen LogP contribution is 2.18. The number of likely N-dealkylation sites (N-methyl/N-ethyl adjacent to an activating group) is 1. The zero-order valence-electron chi connectivity index (χ0n) is 12.0. The van der Waals surface area contributed by atoms with Gasteiger partial charge < -0.3 is 5.32 Å². The highest BCUT2D eigenvalue weighted by atomic mass is 14.9. The molecule has 0 amide bonds. The van der Waals surface area contributed by atoms with E-state index in [0.717, 1.165) is 18.5 Å². The quantitative estimate of drug-likeness (QED) is 0.884. The molecule has 2 nitrogen and oxygen atoms in total. The number of hydrogen-bond donors (Lipinski definition) is 1. The van der Waals surface area contributed by atoms with E-state index in [1.165, 1.54) is 16.7 Å². The third-order valence-corrected chi connectivity index (χ3v) is 3.54. The number of nitrogens with zero attached hydrogens (tertiary/aromatic N) is 1. The highest BCUT2D eigenvalue weighted by molar-refractivity contribution is 5.25. The number of hydrogen-bond acceptors (Lipinski definition) is 2. The second kappa shape index (κ2) is 6.48. The van der Waals surface area contributed by atoms with Gasteiger partial charge in [0.05, 0.1) is 0 Å². The van der Waals surface area contributed by atoms with Gasteiger partial charge in [0, 0.05) is 24.4 Å². The van der Waals surface area contributed by atoms with Crippen LogP contribution in [0.3, 0.4) is 0 Å².